The van der Waals surface area contributed by atoms with E-state index in [2.05, 4.69) is 12.1 Å². The summed E-state index contributed by atoms with van der Waals surface area (Å²) in [6, 6.07) is 16.1. The summed E-state index contributed by atoms with van der Waals surface area (Å²) in [5, 5.41) is 10.9. The fourth-order valence-electron chi connectivity index (χ4n) is 4.29. The average molecular weight is 408 g/mol. The quantitative estimate of drug-likeness (QED) is 0.714. The van der Waals surface area contributed by atoms with Crippen molar-refractivity contribution in [1.82, 2.24) is 0 Å². The lowest BCUT2D eigenvalue weighted by Crippen LogP contribution is -2.37. The van der Waals surface area contributed by atoms with Crippen LogP contribution in [0.25, 0.3) is 0 Å². The molecular weight excluding hydrogens is 380 g/mol. The molecule has 5 heteroatoms. The van der Waals surface area contributed by atoms with E-state index in [-0.39, 0.29) is 12.0 Å². The van der Waals surface area contributed by atoms with Crippen molar-refractivity contribution in [3.63, 3.8) is 0 Å². The fourth-order valence-corrected chi connectivity index (χ4v) is 4.29. The normalized spacial score (nSPS) is 25.8. The van der Waals surface area contributed by atoms with Crippen LogP contribution in [0.2, 0.25) is 0 Å². The number of ether oxygens (including phenoxy) is 4. The van der Waals surface area contributed by atoms with Gasteiger partial charge in [0.25, 0.3) is 0 Å². The van der Waals surface area contributed by atoms with E-state index in [4.69, 9.17) is 18.9 Å². The summed E-state index contributed by atoms with van der Waals surface area (Å²) in [5.74, 6) is 1.16. The van der Waals surface area contributed by atoms with Crippen LogP contribution in [0.15, 0.2) is 71.5 Å². The van der Waals surface area contributed by atoms with E-state index in [0.29, 0.717) is 12.0 Å². The summed E-state index contributed by atoms with van der Waals surface area (Å²) in [4.78, 5) is 0. The fraction of sp³-hybridized carbons (Fsp3) is 0.360. The van der Waals surface area contributed by atoms with Gasteiger partial charge in [-0.1, -0.05) is 30.3 Å². The Morgan fingerprint density at radius 3 is 2.00 bits per heavy atom. The topological polar surface area (TPSA) is 57.2 Å². The lowest BCUT2D eigenvalue weighted by molar-refractivity contribution is -0.157. The Balaban J connectivity index is 1.76. The zero-order valence-corrected chi connectivity index (χ0v) is 17.8. The molecule has 1 unspecified atom stereocenters. The van der Waals surface area contributed by atoms with E-state index in [0.717, 1.165) is 34.8 Å². The Bertz CT molecular complexity index is 958. The molecule has 1 aliphatic heterocycles. The summed E-state index contributed by atoms with van der Waals surface area (Å²) in [6.45, 7) is 1.88. The Morgan fingerprint density at radius 2 is 1.47 bits per heavy atom. The molecule has 4 rings (SSSR count). The Kier molecular flexibility index (Phi) is 5.58. The predicted molar refractivity (Wildman–Crippen MR) is 115 cm³/mol. The molecule has 2 aromatic carbocycles. The highest BCUT2D eigenvalue weighted by molar-refractivity contribution is 5.48. The van der Waals surface area contributed by atoms with Crippen LogP contribution >= 0.6 is 0 Å². The Hall–Kier alpha value is -2.76. The molecule has 0 aromatic heterocycles. The van der Waals surface area contributed by atoms with Crippen molar-refractivity contribution in [3.05, 3.63) is 82.6 Å². The van der Waals surface area contributed by atoms with Gasteiger partial charge in [0, 0.05) is 25.0 Å². The van der Waals surface area contributed by atoms with Gasteiger partial charge in [-0.2, -0.15) is 0 Å². The molecule has 0 radical (unpaired) electrons. The minimum Gasteiger partial charge on any atom is -0.497 e. The second-order valence-corrected chi connectivity index (χ2v) is 7.75. The molecule has 30 heavy (non-hydrogen) atoms. The minimum absolute atomic E-state index is 0.142. The molecular formula is C25H28O5. The van der Waals surface area contributed by atoms with Gasteiger partial charge in [0.1, 0.15) is 23.4 Å². The van der Waals surface area contributed by atoms with E-state index in [1.54, 1.807) is 14.2 Å². The third kappa shape index (κ3) is 3.59. The van der Waals surface area contributed by atoms with E-state index in [9.17, 15) is 5.11 Å². The van der Waals surface area contributed by atoms with Crippen LogP contribution in [0.1, 0.15) is 42.9 Å². The van der Waals surface area contributed by atoms with Gasteiger partial charge in [0.15, 0.2) is 5.79 Å². The molecule has 1 heterocycles. The lowest BCUT2D eigenvalue weighted by Gasteiger charge is -2.41. The zero-order valence-electron chi connectivity index (χ0n) is 17.8. The van der Waals surface area contributed by atoms with Crippen LogP contribution in [0.5, 0.6) is 11.5 Å². The Morgan fingerprint density at radius 1 is 0.900 bits per heavy atom. The molecule has 0 spiro atoms. The molecule has 0 saturated carbocycles. The third-order valence-electron chi connectivity index (χ3n) is 6.22. The monoisotopic (exact) mass is 408 g/mol. The van der Waals surface area contributed by atoms with Gasteiger partial charge in [-0.15, -0.1) is 0 Å². The number of hydrogen-bond donors (Lipinski definition) is 1. The summed E-state index contributed by atoms with van der Waals surface area (Å²) < 4.78 is 22.5. The molecule has 2 aliphatic rings. The first-order valence-electron chi connectivity index (χ1n) is 10.1. The van der Waals surface area contributed by atoms with Gasteiger partial charge in [-0.05, 0) is 54.3 Å². The van der Waals surface area contributed by atoms with Crippen molar-refractivity contribution in [2.24, 2.45) is 0 Å². The van der Waals surface area contributed by atoms with Crippen molar-refractivity contribution >= 4 is 0 Å². The second-order valence-electron chi connectivity index (χ2n) is 7.75. The zero-order chi connectivity index (χ0) is 21.3. The van der Waals surface area contributed by atoms with E-state index >= 15 is 0 Å². The van der Waals surface area contributed by atoms with Crippen LogP contribution in [-0.4, -0.2) is 32.2 Å². The average Bonchev–Trinajstić information content (AvgIpc) is 2.81. The second kappa shape index (κ2) is 8.17. The summed E-state index contributed by atoms with van der Waals surface area (Å²) in [6.07, 6.45) is 3.10. The van der Waals surface area contributed by atoms with Gasteiger partial charge in [-0.3, -0.25) is 0 Å². The number of allylic oxidation sites excluding steroid dienone is 1. The molecule has 1 aliphatic carbocycles. The maximum absolute atomic E-state index is 10.9. The number of fused-ring (bicyclic) bond motifs is 1. The van der Waals surface area contributed by atoms with E-state index < -0.39 is 5.79 Å². The van der Waals surface area contributed by atoms with Crippen molar-refractivity contribution in [2.45, 2.75) is 37.6 Å². The Labute approximate surface area is 177 Å². The number of methoxy groups -OCH3 is 3. The number of rotatable bonds is 5. The smallest absolute Gasteiger partial charge is 0.195 e. The van der Waals surface area contributed by atoms with Crippen molar-refractivity contribution < 1.29 is 24.1 Å². The highest BCUT2D eigenvalue weighted by Gasteiger charge is 2.42. The van der Waals surface area contributed by atoms with Crippen LogP contribution in [-0.2, 0) is 9.47 Å². The van der Waals surface area contributed by atoms with Gasteiger partial charge in [0.05, 0.1) is 14.2 Å². The van der Waals surface area contributed by atoms with E-state index in [1.807, 2.05) is 49.4 Å². The first-order valence-corrected chi connectivity index (χ1v) is 10.1. The molecule has 0 bridgehead atoms. The van der Waals surface area contributed by atoms with Crippen LogP contribution in [0.4, 0.5) is 0 Å². The molecule has 1 saturated heterocycles. The highest BCUT2D eigenvalue weighted by atomic mass is 16.6. The van der Waals surface area contributed by atoms with Gasteiger partial charge in [-0.25, -0.2) is 0 Å². The maximum Gasteiger partial charge on any atom is 0.195 e. The summed E-state index contributed by atoms with van der Waals surface area (Å²) >= 11 is 0. The number of hydrogen-bond acceptors (Lipinski definition) is 5. The lowest BCUT2D eigenvalue weighted by atomic mass is 9.77. The standard InChI is InChI=1S/C25H28O5/c1-16-24-21(13-14-25(16,26)29-4)22(17-5-9-19(27-2)10-6-17)15-23(30-24)18-7-11-20(28-3)12-8-18/h5-13,22-23,26H,14-15H2,1-4H3/t22-,23+,25?/m0/s1. The first-order chi connectivity index (χ1) is 14.5. The third-order valence-corrected chi connectivity index (χ3v) is 6.22. The molecule has 3 atom stereocenters. The van der Waals surface area contributed by atoms with Crippen molar-refractivity contribution in [3.8, 4) is 11.5 Å². The van der Waals surface area contributed by atoms with Crippen LogP contribution < -0.4 is 9.47 Å². The van der Waals surface area contributed by atoms with E-state index in [1.165, 1.54) is 12.7 Å². The van der Waals surface area contributed by atoms with Gasteiger partial charge in [0.2, 0.25) is 0 Å². The number of aliphatic hydroxyl groups is 1. The summed E-state index contributed by atoms with van der Waals surface area (Å²) in [7, 11) is 4.85. The minimum atomic E-state index is -1.34. The predicted octanol–water partition coefficient (Wildman–Crippen LogP) is 4.89. The SMILES string of the molecule is COc1ccc([C@@H]2C[C@H](c3ccc(OC)cc3)OC3=C(C)C(O)(OC)CC=C32)cc1. The van der Waals surface area contributed by atoms with Crippen molar-refractivity contribution in [1.29, 1.82) is 0 Å². The molecule has 1 fully saturated rings. The molecule has 2 aromatic rings. The maximum atomic E-state index is 10.9. The molecule has 158 valence electrons. The largest absolute Gasteiger partial charge is 0.497 e. The van der Waals surface area contributed by atoms with Crippen molar-refractivity contribution in [2.75, 3.05) is 21.3 Å². The molecule has 0 amide bonds. The van der Waals surface area contributed by atoms with Crippen LogP contribution in [0, 0.1) is 0 Å². The molecule has 5 nitrogen and oxygen atoms in total. The van der Waals surface area contributed by atoms with Gasteiger partial charge >= 0.3 is 0 Å². The molecule has 1 N–H and O–H groups in total. The highest BCUT2D eigenvalue weighted by Crippen LogP contribution is 2.50. The first kappa shape index (κ1) is 20.5. The number of benzene rings is 2. The van der Waals surface area contributed by atoms with Crippen LogP contribution in [0.3, 0.4) is 0 Å². The van der Waals surface area contributed by atoms with Gasteiger partial charge < -0.3 is 24.1 Å². The summed E-state index contributed by atoms with van der Waals surface area (Å²) in [5.41, 5.74) is 4.07.